The molecule has 1 heteroatoms. The summed E-state index contributed by atoms with van der Waals surface area (Å²) < 4.78 is 0. The molecular formula is C13H19N. The van der Waals surface area contributed by atoms with Crippen molar-refractivity contribution in [2.24, 2.45) is 5.73 Å². The lowest BCUT2D eigenvalue weighted by Gasteiger charge is -2.13. The minimum atomic E-state index is 0.0997. The van der Waals surface area contributed by atoms with Crippen molar-refractivity contribution < 1.29 is 0 Å². The standard InChI is InChI=1S/C13H19N/c1-4-11(3)13(14)9-12-7-5-10(2)6-8-12/h5-8,13H,3-4,9,14H2,1-2H3. The SMILES string of the molecule is C=C(CC)C(N)Cc1ccc(C)cc1. The van der Waals surface area contributed by atoms with Crippen LogP contribution in [-0.2, 0) is 6.42 Å². The van der Waals surface area contributed by atoms with Crippen molar-refractivity contribution in [3.05, 3.63) is 47.5 Å². The maximum atomic E-state index is 6.00. The fraction of sp³-hybridized carbons (Fsp3) is 0.385. The molecule has 2 N–H and O–H groups in total. The van der Waals surface area contributed by atoms with Crippen LogP contribution >= 0.6 is 0 Å². The smallest absolute Gasteiger partial charge is 0.0291 e. The summed E-state index contributed by atoms with van der Waals surface area (Å²) >= 11 is 0. The van der Waals surface area contributed by atoms with E-state index in [0.717, 1.165) is 18.4 Å². The monoisotopic (exact) mass is 189 g/mol. The first-order valence-corrected chi connectivity index (χ1v) is 5.12. The zero-order valence-corrected chi connectivity index (χ0v) is 9.09. The Morgan fingerprint density at radius 2 is 1.93 bits per heavy atom. The number of hydrogen-bond donors (Lipinski definition) is 1. The van der Waals surface area contributed by atoms with Gasteiger partial charge in [-0.1, -0.05) is 48.9 Å². The molecule has 0 saturated carbocycles. The van der Waals surface area contributed by atoms with Crippen molar-refractivity contribution in [2.45, 2.75) is 32.7 Å². The summed E-state index contributed by atoms with van der Waals surface area (Å²) in [7, 11) is 0. The van der Waals surface area contributed by atoms with Gasteiger partial charge in [-0.25, -0.2) is 0 Å². The predicted octanol–water partition coefficient (Wildman–Crippen LogP) is 2.83. The van der Waals surface area contributed by atoms with Crippen LogP contribution in [0.3, 0.4) is 0 Å². The lowest BCUT2D eigenvalue weighted by atomic mass is 9.99. The van der Waals surface area contributed by atoms with Crippen LogP contribution in [0.1, 0.15) is 24.5 Å². The van der Waals surface area contributed by atoms with E-state index >= 15 is 0 Å². The van der Waals surface area contributed by atoms with Crippen molar-refractivity contribution in [2.75, 3.05) is 0 Å². The van der Waals surface area contributed by atoms with E-state index in [-0.39, 0.29) is 6.04 Å². The molecule has 1 unspecified atom stereocenters. The molecule has 0 aliphatic heterocycles. The summed E-state index contributed by atoms with van der Waals surface area (Å²) in [6.45, 7) is 8.15. The minimum absolute atomic E-state index is 0.0997. The van der Waals surface area contributed by atoms with E-state index in [1.165, 1.54) is 11.1 Å². The van der Waals surface area contributed by atoms with Crippen LogP contribution in [0.2, 0.25) is 0 Å². The Bertz CT molecular complexity index is 298. The average Bonchev–Trinajstić information content (AvgIpc) is 2.20. The fourth-order valence-electron chi connectivity index (χ4n) is 1.38. The predicted molar refractivity (Wildman–Crippen MR) is 62.3 cm³/mol. The van der Waals surface area contributed by atoms with Crippen LogP contribution in [0.15, 0.2) is 36.4 Å². The van der Waals surface area contributed by atoms with Crippen molar-refractivity contribution in [3.8, 4) is 0 Å². The third-order valence-corrected chi connectivity index (χ3v) is 2.55. The summed E-state index contributed by atoms with van der Waals surface area (Å²) in [5.41, 5.74) is 9.71. The Labute approximate surface area is 86.6 Å². The highest BCUT2D eigenvalue weighted by Gasteiger charge is 2.05. The van der Waals surface area contributed by atoms with Gasteiger partial charge in [0.1, 0.15) is 0 Å². The van der Waals surface area contributed by atoms with Gasteiger partial charge in [0.05, 0.1) is 0 Å². The van der Waals surface area contributed by atoms with Crippen molar-refractivity contribution in [1.29, 1.82) is 0 Å². The van der Waals surface area contributed by atoms with Gasteiger partial charge in [-0.3, -0.25) is 0 Å². The molecule has 1 rings (SSSR count). The van der Waals surface area contributed by atoms with Gasteiger partial charge < -0.3 is 5.73 Å². The number of hydrogen-bond acceptors (Lipinski definition) is 1. The van der Waals surface area contributed by atoms with Gasteiger partial charge in [0, 0.05) is 6.04 Å². The summed E-state index contributed by atoms with van der Waals surface area (Å²) in [5.74, 6) is 0. The van der Waals surface area contributed by atoms with E-state index < -0.39 is 0 Å². The van der Waals surface area contributed by atoms with Crippen molar-refractivity contribution in [3.63, 3.8) is 0 Å². The third-order valence-electron chi connectivity index (χ3n) is 2.55. The van der Waals surface area contributed by atoms with E-state index in [0.29, 0.717) is 0 Å². The second kappa shape index (κ2) is 4.97. The Kier molecular flexibility index (Phi) is 3.90. The maximum absolute atomic E-state index is 6.00. The molecule has 0 bridgehead atoms. The molecule has 0 aliphatic rings. The molecule has 0 amide bonds. The van der Waals surface area contributed by atoms with Crippen LogP contribution in [-0.4, -0.2) is 6.04 Å². The maximum Gasteiger partial charge on any atom is 0.0291 e. The summed E-state index contributed by atoms with van der Waals surface area (Å²) in [5, 5.41) is 0. The second-order valence-electron chi connectivity index (χ2n) is 3.81. The molecule has 0 spiro atoms. The van der Waals surface area contributed by atoms with Crippen LogP contribution in [0.4, 0.5) is 0 Å². The lowest BCUT2D eigenvalue weighted by molar-refractivity contribution is 0.737. The van der Waals surface area contributed by atoms with E-state index in [2.05, 4.69) is 44.7 Å². The zero-order valence-electron chi connectivity index (χ0n) is 9.09. The highest BCUT2D eigenvalue weighted by Crippen LogP contribution is 2.10. The summed E-state index contributed by atoms with van der Waals surface area (Å²) in [4.78, 5) is 0. The minimum Gasteiger partial charge on any atom is -0.324 e. The van der Waals surface area contributed by atoms with Gasteiger partial charge in [0.15, 0.2) is 0 Å². The van der Waals surface area contributed by atoms with Crippen molar-refractivity contribution in [1.82, 2.24) is 0 Å². The molecule has 76 valence electrons. The Morgan fingerprint density at radius 3 is 2.43 bits per heavy atom. The van der Waals surface area contributed by atoms with Gasteiger partial charge in [-0.2, -0.15) is 0 Å². The molecule has 0 heterocycles. The van der Waals surface area contributed by atoms with Crippen molar-refractivity contribution >= 4 is 0 Å². The van der Waals surface area contributed by atoms with E-state index in [4.69, 9.17) is 5.73 Å². The largest absolute Gasteiger partial charge is 0.324 e. The molecule has 1 atom stereocenters. The molecule has 1 aromatic carbocycles. The molecule has 1 nitrogen and oxygen atoms in total. The Hall–Kier alpha value is -1.08. The van der Waals surface area contributed by atoms with Gasteiger partial charge in [0.2, 0.25) is 0 Å². The molecule has 0 aliphatic carbocycles. The van der Waals surface area contributed by atoms with Crippen LogP contribution in [0.25, 0.3) is 0 Å². The highest BCUT2D eigenvalue weighted by molar-refractivity contribution is 5.23. The van der Waals surface area contributed by atoms with Crippen LogP contribution < -0.4 is 5.73 Å². The molecule has 0 fully saturated rings. The van der Waals surface area contributed by atoms with Crippen LogP contribution in [0.5, 0.6) is 0 Å². The number of aryl methyl sites for hydroxylation is 1. The number of rotatable bonds is 4. The van der Waals surface area contributed by atoms with Gasteiger partial charge >= 0.3 is 0 Å². The topological polar surface area (TPSA) is 26.0 Å². The van der Waals surface area contributed by atoms with E-state index in [1.54, 1.807) is 0 Å². The molecule has 1 aromatic rings. The first kappa shape index (κ1) is 11.0. The van der Waals surface area contributed by atoms with E-state index in [1.807, 2.05) is 0 Å². The first-order valence-electron chi connectivity index (χ1n) is 5.12. The first-order chi connectivity index (χ1) is 6.63. The third kappa shape index (κ3) is 3.00. The van der Waals surface area contributed by atoms with Gasteiger partial charge in [-0.05, 0) is 25.3 Å². The molecule has 0 saturated heterocycles. The normalized spacial score (nSPS) is 12.5. The molecular weight excluding hydrogens is 170 g/mol. The number of benzene rings is 1. The van der Waals surface area contributed by atoms with E-state index in [9.17, 15) is 0 Å². The summed E-state index contributed by atoms with van der Waals surface area (Å²) in [6, 6.07) is 8.62. The molecule has 0 radical (unpaired) electrons. The number of nitrogens with two attached hydrogens (primary N) is 1. The summed E-state index contributed by atoms with van der Waals surface area (Å²) in [6.07, 6.45) is 1.86. The Morgan fingerprint density at radius 1 is 1.36 bits per heavy atom. The fourth-order valence-corrected chi connectivity index (χ4v) is 1.38. The second-order valence-corrected chi connectivity index (χ2v) is 3.81. The Balaban J connectivity index is 2.60. The van der Waals surface area contributed by atoms with Gasteiger partial charge in [-0.15, -0.1) is 0 Å². The molecule has 14 heavy (non-hydrogen) atoms. The molecule has 0 aromatic heterocycles. The lowest BCUT2D eigenvalue weighted by Crippen LogP contribution is -2.24. The average molecular weight is 189 g/mol. The van der Waals surface area contributed by atoms with Gasteiger partial charge in [0.25, 0.3) is 0 Å². The quantitative estimate of drug-likeness (QED) is 0.724. The zero-order chi connectivity index (χ0) is 10.6. The van der Waals surface area contributed by atoms with Crippen LogP contribution in [0, 0.1) is 6.92 Å². The highest BCUT2D eigenvalue weighted by atomic mass is 14.6.